The van der Waals surface area contributed by atoms with Gasteiger partial charge in [-0.25, -0.2) is 13.2 Å². The smallest absolute Gasteiger partial charge is 0.373 e. The molecule has 0 aromatic heterocycles. The summed E-state index contributed by atoms with van der Waals surface area (Å²) in [7, 11) is -2.82. The molecule has 0 saturated heterocycles. The van der Waals surface area contributed by atoms with Gasteiger partial charge in [0.15, 0.2) is 17.5 Å². The van der Waals surface area contributed by atoms with Crippen LogP contribution < -0.4 is 0 Å². The van der Waals surface area contributed by atoms with Gasteiger partial charge in [-0.2, -0.15) is 8.78 Å². The Morgan fingerprint density at radius 1 is 1.05 bits per heavy atom. The maximum Gasteiger partial charge on any atom is 0.579 e. The van der Waals surface area contributed by atoms with Crippen LogP contribution in [0.3, 0.4) is 0 Å². The lowest BCUT2D eigenvalue weighted by Crippen LogP contribution is -2.58. The molecule has 114 valence electrons. The van der Waals surface area contributed by atoms with E-state index in [4.69, 9.17) is 4.43 Å². The first kappa shape index (κ1) is 17.0. The predicted molar refractivity (Wildman–Crippen MR) is 61.6 cm³/mol. The molecule has 0 spiro atoms. The van der Waals surface area contributed by atoms with Crippen LogP contribution >= 0.6 is 0 Å². The van der Waals surface area contributed by atoms with Crippen LogP contribution in [0.25, 0.3) is 0 Å². The first-order valence-electron chi connectivity index (χ1n) is 5.53. The molecule has 0 saturated carbocycles. The minimum absolute atomic E-state index is 0.186. The van der Waals surface area contributed by atoms with Crippen LogP contribution in [-0.2, 0) is 18.8 Å². The van der Waals surface area contributed by atoms with Crippen LogP contribution in [0.4, 0.5) is 22.0 Å². The van der Waals surface area contributed by atoms with E-state index in [2.05, 4.69) is 8.85 Å². The molecule has 0 aliphatic heterocycles. The molecule has 1 rings (SSSR count). The Kier molecular flexibility index (Phi) is 5.25. The summed E-state index contributed by atoms with van der Waals surface area (Å²) >= 11 is 0. The highest BCUT2D eigenvalue weighted by atomic mass is 28.4. The van der Waals surface area contributed by atoms with Crippen molar-refractivity contribution in [3.63, 3.8) is 0 Å². The van der Waals surface area contributed by atoms with Crippen molar-refractivity contribution in [1.82, 2.24) is 0 Å². The van der Waals surface area contributed by atoms with E-state index in [0.717, 1.165) is 14.2 Å². The molecule has 1 aromatic carbocycles. The summed E-state index contributed by atoms with van der Waals surface area (Å²) in [5.41, 5.74) is -5.45. The topological polar surface area (TPSA) is 27.7 Å². The Balaban J connectivity index is 3.44. The lowest BCUT2D eigenvalue weighted by Gasteiger charge is -2.33. The normalized spacial score (nSPS) is 12.8. The van der Waals surface area contributed by atoms with Crippen molar-refractivity contribution in [2.75, 3.05) is 20.8 Å². The maximum absolute atomic E-state index is 14.4. The van der Waals surface area contributed by atoms with Crippen LogP contribution in [-0.4, -0.2) is 29.6 Å². The number of rotatable bonds is 6. The molecule has 0 N–H and O–H groups in total. The molecule has 0 aliphatic rings. The van der Waals surface area contributed by atoms with Gasteiger partial charge in [0, 0.05) is 20.8 Å². The minimum atomic E-state index is -4.65. The first-order chi connectivity index (χ1) is 9.27. The van der Waals surface area contributed by atoms with E-state index in [1.807, 2.05) is 0 Å². The van der Waals surface area contributed by atoms with Crippen LogP contribution in [0.2, 0.25) is 0 Å². The molecule has 0 bridgehead atoms. The lowest BCUT2D eigenvalue weighted by atomic mass is 10.2. The Hall–Kier alpha value is -1.03. The monoisotopic (exact) mass is 316 g/mol. The standard InChI is InChI=1S/C11H13F5O3Si/c1-4-19-20(17-2,18-3)11(15,16)7-5-6-8(12)10(14)9(7)13/h5-6H,4H2,1-3H3. The Bertz CT molecular complexity index is 479. The molecule has 3 nitrogen and oxygen atoms in total. The average molecular weight is 316 g/mol. The molecule has 1 aromatic rings. The average Bonchev–Trinajstić information content (AvgIpc) is 2.41. The van der Waals surface area contributed by atoms with E-state index < -0.39 is 37.4 Å². The van der Waals surface area contributed by atoms with E-state index in [1.165, 1.54) is 6.92 Å². The molecule has 20 heavy (non-hydrogen) atoms. The third-order valence-electron chi connectivity index (χ3n) is 2.63. The van der Waals surface area contributed by atoms with Gasteiger partial charge < -0.3 is 13.3 Å². The zero-order chi connectivity index (χ0) is 15.6. The zero-order valence-electron chi connectivity index (χ0n) is 11.0. The molecular weight excluding hydrogens is 303 g/mol. The summed E-state index contributed by atoms with van der Waals surface area (Å²) in [6.45, 7) is 1.23. The van der Waals surface area contributed by atoms with E-state index >= 15 is 0 Å². The summed E-state index contributed by atoms with van der Waals surface area (Å²) in [4.78, 5) is 0. The molecular formula is C11H13F5O3Si. The molecule has 0 amide bonds. The van der Waals surface area contributed by atoms with Crippen LogP contribution in [0.5, 0.6) is 0 Å². The highest BCUT2D eigenvalue weighted by molar-refractivity contribution is 6.63. The van der Waals surface area contributed by atoms with E-state index in [0.29, 0.717) is 12.1 Å². The third kappa shape index (κ3) is 2.58. The van der Waals surface area contributed by atoms with Crippen molar-refractivity contribution in [3.05, 3.63) is 35.1 Å². The van der Waals surface area contributed by atoms with Gasteiger partial charge in [0.25, 0.3) is 0 Å². The minimum Gasteiger partial charge on any atom is -0.373 e. The number of hydrogen-bond acceptors (Lipinski definition) is 3. The maximum atomic E-state index is 14.4. The fourth-order valence-corrected chi connectivity index (χ4v) is 3.67. The lowest BCUT2D eigenvalue weighted by molar-refractivity contribution is -0.0434. The van der Waals surface area contributed by atoms with Gasteiger partial charge in [-0.3, -0.25) is 0 Å². The van der Waals surface area contributed by atoms with Crippen molar-refractivity contribution in [1.29, 1.82) is 0 Å². The fraction of sp³-hybridized carbons (Fsp3) is 0.455. The molecule has 0 unspecified atom stereocenters. The number of halogens is 5. The summed E-state index contributed by atoms with van der Waals surface area (Å²) in [6, 6.07) is 0.838. The second-order valence-electron chi connectivity index (χ2n) is 3.69. The van der Waals surface area contributed by atoms with Gasteiger partial charge in [-0.15, -0.1) is 0 Å². The second-order valence-corrected chi connectivity index (χ2v) is 6.54. The van der Waals surface area contributed by atoms with E-state index in [1.54, 1.807) is 0 Å². The molecule has 0 radical (unpaired) electrons. The van der Waals surface area contributed by atoms with Crippen LogP contribution in [0.1, 0.15) is 12.5 Å². The van der Waals surface area contributed by atoms with Gasteiger partial charge in [0.2, 0.25) is 0 Å². The number of alkyl halides is 2. The highest BCUT2D eigenvalue weighted by Crippen LogP contribution is 2.41. The number of benzene rings is 1. The number of hydrogen-bond donors (Lipinski definition) is 0. The zero-order valence-corrected chi connectivity index (χ0v) is 12.0. The van der Waals surface area contributed by atoms with Crippen molar-refractivity contribution in [3.8, 4) is 0 Å². The summed E-state index contributed by atoms with van der Waals surface area (Å²) in [6.07, 6.45) is 0. The quantitative estimate of drug-likeness (QED) is 0.459. The molecule has 0 aliphatic carbocycles. The van der Waals surface area contributed by atoms with Crippen molar-refractivity contribution in [2.45, 2.75) is 12.5 Å². The van der Waals surface area contributed by atoms with Crippen molar-refractivity contribution in [2.24, 2.45) is 0 Å². The van der Waals surface area contributed by atoms with Gasteiger partial charge in [-0.05, 0) is 19.1 Å². The molecule has 0 atom stereocenters. The highest BCUT2D eigenvalue weighted by Gasteiger charge is 2.66. The van der Waals surface area contributed by atoms with Crippen LogP contribution in [0, 0.1) is 17.5 Å². The fourth-order valence-electron chi connectivity index (χ4n) is 1.67. The summed E-state index contributed by atoms with van der Waals surface area (Å²) in [5.74, 6) is -5.56. The van der Waals surface area contributed by atoms with Gasteiger partial charge in [-0.1, -0.05) is 0 Å². The summed E-state index contributed by atoms with van der Waals surface area (Å²) in [5, 5.41) is 0. The Morgan fingerprint density at radius 3 is 2.05 bits per heavy atom. The third-order valence-corrected chi connectivity index (χ3v) is 5.41. The van der Waals surface area contributed by atoms with Gasteiger partial charge in [0.05, 0.1) is 5.56 Å². The van der Waals surface area contributed by atoms with Crippen molar-refractivity contribution >= 4 is 8.80 Å². The molecule has 0 fully saturated rings. The Morgan fingerprint density at radius 2 is 1.60 bits per heavy atom. The largest absolute Gasteiger partial charge is 0.579 e. The Labute approximate surface area is 113 Å². The predicted octanol–water partition coefficient (Wildman–Crippen LogP) is 3.00. The second kappa shape index (κ2) is 6.16. The SMILES string of the molecule is CCO[Si](OC)(OC)C(F)(F)c1ccc(F)c(F)c1F. The molecule has 9 heteroatoms. The van der Waals surface area contributed by atoms with E-state index in [9.17, 15) is 22.0 Å². The summed E-state index contributed by atoms with van der Waals surface area (Å²) < 4.78 is 82.4. The van der Waals surface area contributed by atoms with Gasteiger partial charge >= 0.3 is 14.4 Å². The van der Waals surface area contributed by atoms with Crippen molar-refractivity contribution < 1.29 is 35.2 Å². The first-order valence-corrected chi connectivity index (χ1v) is 7.25. The van der Waals surface area contributed by atoms with E-state index in [-0.39, 0.29) is 6.61 Å². The van der Waals surface area contributed by atoms with Crippen LogP contribution in [0.15, 0.2) is 12.1 Å². The molecule has 0 heterocycles. The van der Waals surface area contributed by atoms with Gasteiger partial charge in [0.1, 0.15) is 0 Å².